The number of nitrogens with zero attached hydrogens (tertiary/aromatic N) is 4. The third-order valence-corrected chi connectivity index (χ3v) is 9.76. The van der Waals surface area contributed by atoms with E-state index >= 15 is 0 Å². The van der Waals surface area contributed by atoms with Crippen LogP contribution in [0.1, 0.15) is 40.0 Å². The van der Waals surface area contributed by atoms with E-state index < -0.39 is 16.3 Å². The number of esters is 1. The first kappa shape index (κ1) is 30.6. The van der Waals surface area contributed by atoms with E-state index in [4.69, 9.17) is 14.2 Å². The fraction of sp³-hybridized carbons (Fsp3) is 0.654. The maximum absolute atomic E-state index is 12.9. The van der Waals surface area contributed by atoms with Gasteiger partial charge in [0.1, 0.15) is 6.10 Å². The Balaban J connectivity index is 1.84. The van der Waals surface area contributed by atoms with Crippen molar-refractivity contribution >= 4 is 27.8 Å². The molecule has 0 aliphatic heterocycles. The third kappa shape index (κ3) is 7.35. The molecule has 0 spiro atoms. The van der Waals surface area contributed by atoms with Crippen molar-refractivity contribution in [3.05, 3.63) is 24.3 Å². The van der Waals surface area contributed by atoms with Crippen molar-refractivity contribution in [2.45, 2.75) is 69.0 Å². The van der Waals surface area contributed by atoms with Gasteiger partial charge >= 0.3 is 5.97 Å². The second kappa shape index (κ2) is 13.4. The first-order valence-corrected chi connectivity index (χ1v) is 15.2. The van der Waals surface area contributed by atoms with E-state index in [1.165, 1.54) is 46.1 Å². The molecule has 212 valence electrons. The SMILES string of the molecule is COC(Cn1c(SCC(=O)O[C@@H]2C[C@@H](C)CC[C@@H]2C(C)C)nnc1-c1cccc(S(=O)(=O)N(C)C)c1)OC. The van der Waals surface area contributed by atoms with Gasteiger partial charge in [-0.25, -0.2) is 12.7 Å². The maximum Gasteiger partial charge on any atom is 0.316 e. The lowest BCUT2D eigenvalue weighted by Gasteiger charge is -2.36. The molecule has 1 aliphatic carbocycles. The maximum atomic E-state index is 12.9. The summed E-state index contributed by atoms with van der Waals surface area (Å²) in [4.78, 5) is 13.0. The van der Waals surface area contributed by atoms with E-state index in [0.29, 0.717) is 34.3 Å². The zero-order valence-corrected chi connectivity index (χ0v) is 24.9. The van der Waals surface area contributed by atoms with Crippen LogP contribution in [0.15, 0.2) is 34.3 Å². The predicted molar refractivity (Wildman–Crippen MR) is 146 cm³/mol. The number of sulfonamides is 1. The average molecular weight is 569 g/mol. The molecule has 1 aromatic carbocycles. The van der Waals surface area contributed by atoms with Gasteiger partial charge in [-0.1, -0.05) is 51.1 Å². The van der Waals surface area contributed by atoms with Crippen LogP contribution in [0.3, 0.4) is 0 Å². The standard InChI is InChI=1S/C26H40N4O6S2/c1-17(2)21-12-11-18(3)13-22(21)36-23(31)16-37-26-28-27-25(30(26)15-24(34-6)35-7)19-9-8-10-20(14-19)38(32,33)29(4)5/h8-10,14,17-18,21-22,24H,11-13,15-16H2,1-7H3/t18-,21+,22+/m0/s1. The first-order valence-electron chi connectivity index (χ1n) is 12.8. The minimum absolute atomic E-state index is 0.0759. The summed E-state index contributed by atoms with van der Waals surface area (Å²) >= 11 is 1.22. The Kier molecular flexibility index (Phi) is 10.8. The summed E-state index contributed by atoms with van der Waals surface area (Å²) in [6, 6.07) is 6.52. The highest BCUT2D eigenvalue weighted by Crippen LogP contribution is 2.36. The lowest BCUT2D eigenvalue weighted by Crippen LogP contribution is -2.36. The van der Waals surface area contributed by atoms with Gasteiger partial charge in [-0.2, -0.15) is 0 Å². The highest BCUT2D eigenvalue weighted by Gasteiger charge is 2.33. The molecule has 1 fully saturated rings. The number of carbonyl (C=O) groups excluding carboxylic acids is 1. The van der Waals surface area contributed by atoms with Crippen LogP contribution >= 0.6 is 11.8 Å². The van der Waals surface area contributed by atoms with Gasteiger partial charge in [-0.05, 0) is 42.7 Å². The van der Waals surface area contributed by atoms with Gasteiger partial charge in [-0.15, -0.1) is 10.2 Å². The van der Waals surface area contributed by atoms with Crippen molar-refractivity contribution in [3.63, 3.8) is 0 Å². The van der Waals surface area contributed by atoms with E-state index in [9.17, 15) is 13.2 Å². The fourth-order valence-corrected chi connectivity index (χ4v) is 6.43. The summed E-state index contributed by atoms with van der Waals surface area (Å²) in [6.45, 7) is 6.81. The molecule has 1 aliphatic rings. The van der Waals surface area contributed by atoms with Gasteiger partial charge < -0.3 is 14.2 Å². The van der Waals surface area contributed by atoms with Gasteiger partial charge in [0.2, 0.25) is 10.0 Å². The molecular formula is C26H40N4O6S2. The predicted octanol–water partition coefficient (Wildman–Crippen LogP) is 3.91. The van der Waals surface area contributed by atoms with Crippen LogP contribution in [0, 0.1) is 17.8 Å². The Morgan fingerprint density at radius 3 is 2.53 bits per heavy atom. The third-order valence-electron chi connectivity index (χ3n) is 7.01. The lowest BCUT2D eigenvalue weighted by atomic mass is 9.75. The molecule has 3 atom stereocenters. The Morgan fingerprint density at radius 1 is 1.18 bits per heavy atom. The van der Waals surface area contributed by atoms with Crippen LogP contribution in [0.25, 0.3) is 11.4 Å². The molecular weight excluding hydrogens is 528 g/mol. The topological polar surface area (TPSA) is 113 Å². The van der Waals surface area contributed by atoms with Crippen molar-refractivity contribution in [2.75, 3.05) is 34.1 Å². The fourth-order valence-electron chi connectivity index (χ4n) is 4.75. The van der Waals surface area contributed by atoms with Crippen molar-refractivity contribution in [3.8, 4) is 11.4 Å². The van der Waals surface area contributed by atoms with Crippen molar-refractivity contribution in [1.29, 1.82) is 0 Å². The Morgan fingerprint density at radius 2 is 1.89 bits per heavy atom. The van der Waals surface area contributed by atoms with E-state index in [2.05, 4.69) is 31.0 Å². The summed E-state index contributed by atoms with van der Waals surface area (Å²) in [5.74, 6) is 1.58. The Labute approximate surface area is 230 Å². The number of methoxy groups -OCH3 is 2. The summed E-state index contributed by atoms with van der Waals surface area (Å²) in [5.41, 5.74) is 0.566. The molecule has 0 unspecified atom stereocenters. The number of hydrogen-bond acceptors (Lipinski definition) is 9. The molecule has 10 nitrogen and oxygen atoms in total. The average Bonchev–Trinajstić information content (AvgIpc) is 3.28. The Hall–Kier alpha value is -1.99. The van der Waals surface area contributed by atoms with Crippen LogP contribution < -0.4 is 0 Å². The van der Waals surface area contributed by atoms with Crippen molar-refractivity contribution in [2.24, 2.45) is 17.8 Å². The minimum Gasteiger partial charge on any atom is -0.461 e. The van der Waals surface area contributed by atoms with Gasteiger partial charge in [0.25, 0.3) is 0 Å². The van der Waals surface area contributed by atoms with Crippen LogP contribution in [0.4, 0.5) is 0 Å². The number of aromatic nitrogens is 3. The van der Waals surface area contributed by atoms with E-state index in [1.54, 1.807) is 22.8 Å². The highest BCUT2D eigenvalue weighted by molar-refractivity contribution is 7.99. The molecule has 0 bridgehead atoms. The molecule has 3 rings (SSSR count). The quantitative estimate of drug-likeness (QED) is 0.214. The number of thioether (sulfide) groups is 1. The largest absolute Gasteiger partial charge is 0.461 e. The molecule has 0 radical (unpaired) electrons. The smallest absolute Gasteiger partial charge is 0.316 e. The molecule has 1 heterocycles. The number of carbonyl (C=O) groups is 1. The van der Waals surface area contributed by atoms with Crippen LogP contribution in [0.2, 0.25) is 0 Å². The molecule has 1 saturated carbocycles. The van der Waals surface area contributed by atoms with Crippen molar-refractivity contribution < 1.29 is 27.4 Å². The highest BCUT2D eigenvalue weighted by atomic mass is 32.2. The molecule has 1 aromatic heterocycles. The van der Waals surface area contributed by atoms with Crippen molar-refractivity contribution in [1.82, 2.24) is 19.1 Å². The number of ether oxygens (including phenoxy) is 3. The van der Waals surface area contributed by atoms with Gasteiger partial charge in [0.05, 0.1) is 17.2 Å². The zero-order chi connectivity index (χ0) is 28.0. The normalized spacial score (nSPS) is 20.4. The summed E-state index contributed by atoms with van der Waals surface area (Å²) in [5, 5.41) is 9.13. The summed E-state index contributed by atoms with van der Waals surface area (Å²) < 4.78 is 45.1. The number of rotatable bonds is 12. The van der Waals surface area contributed by atoms with Crippen LogP contribution in [0.5, 0.6) is 0 Å². The molecule has 0 amide bonds. The second-order valence-electron chi connectivity index (χ2n) is 10.3. The van der Waals surface area contributed by atoms with E-state index in [0.717, 1.165) is 23.6 Å². The molecule has 0 saturated heterocycles. The lowest BCUT2D eigenvalue weighted by molar-refractivity contribution is -0.152. The molecule has 0 N–H and O–H groups in total. The van der Waals surface area contributed by atoms with E-state index in [1.807, 2.05) is 0 Å². The number of hydrogen-bond donors (Lipinski definition) is 0. The molecule has 12 heteroatoms. The Bertz CT molecular complexity index is 1180. The summed E-state index contributed by atoms with van der Waals surface area (Å²) in [6.07, 6.45) is 2.44. The zero-order valence-electron chi connectivity index (χ0n) is 23.3. The molecule has 2 aromatic rings. The van der Waals surface area contributed by atoms with Crippen LogP contribution in [-0.4, -0.2) is 79.9 Å². The van der Waals surface area contributed by atoms with E-state index in [-0.39, 0.29) is 29.3 Å². The number of benzene rings is 1. The molecule has 38 heavy (non-hydrogen) atoms. The first-order chi connectivity index (χ1) is 18.0. The van der Waals surface area contributed by atoms with Gasteiger partial charge in [-0.3, -0.25) is 9.36 Å². The van der Waals surface area contributed by atoms with Gasteiger partial charge in [0.15, 0.2) is 17.3 Å². The van der Waals surface area contributed by atoms with Gasteiger partial charge in [0, 0.05) is 33.9 Å². The van der Waals surface area contributed by atoms with Crippen LogP contribution in [-0.2, 0) is 35.6 Å². The monoisotopic (exact) mass is 568 g/mol. The second-order valence-corrected chi connectivity index (χ2v) is 13.4. The minimum atomic E-state index is -3.64. The summed E-state index contributed by atoms with van der Waals surface area (Å²) in [7, 11) is 2.39.